The number of ketones is 1. The van der Waals surface area contributed by atoms with E-state index < -0.39 is 29.6 Å². The van der Waals surface area contributed by atoms with Crippen LogP contribution >= 0.6 is 12.2 Å². The Morgan fingerprint density at radius 2 is 1.94 bits per heavy atom. The van der Waals surface area contributed by atoms with E-state index in [9.17, 15) is 29.7 Å². The monoisotopic (exact) mass is 672 g/mol. The van der Waals surface area contributed by atoms with E-state index in [1.165, 1.54) is 13.0 Å². The van der Waals surface area contributed by atoms with E-state index in [2.05, 4.69) is 0 Å². The Balaban J connectivity index is 1.51. The van der Waals surface area contributed by atoms with Crippen LogP contribution in [0.5, 0.6) is 17.4 Å². The minimum absolute atomic E-state index is 0.0160. The van der Waals surface area contributed by atoms with Crippen LogP contribution in [0.15, 0.2) is 69.9 Å². The van der Waals surface area contributed by atoms with Crippen molar-refractivity contribution < 1.29 is 38.8 Å². The van der Waals surface area contributed by atoms with E-state index in [0.29, 0.717) is 47.6 Å². The number of Topliss-reactive ketones (excluding diaryl/α,β-unsaturated/α-hetero) is 1. The molecule has 3 N–H and O–H groups in total. The molecule has 252 valence electrons. The van der Waals surface area contributed by atoms with E-state index in [1.54, 1.807) is 54.6 Å². The third-order valence-electron chi connectivity index (χ3n) is 7.92. The van der Waals surface area contributed by atoms with E-state index >= 15 is 0 Å². The molecule has 0 amide bonds. The second-order valence-electron chi connectivity index (χ2n) is 11.6. The summed E-state index contributed by atoms with van der Waals surface area (Å²) in [4.78, 5) is 37.7. The molecule has 9 nitrogen and oxygen atoms in total. The summed E-state index contributed by atoms with van der Waals surface area (Å²) >= 11 is 5.24. The molecule has 48 heavy (non-hydrogen) atoms. The van der Waals surface area contributed by atoms with Gasteiger partial charge in [0.25, 0.3) is 0 Å². The predicted molar refractivity (Wildman–Crippen MR) is 188 cm³/mol. The maximum Gasteiger partial charge on any atom is 0.513 e. The van der Waals surface area contributed by atoms with E-state index in [1.807, 2.05) is 26.0 Å². The fourth-order valence-corrected chi connectivity index (χ4v) is 5.76. The topological polar surface area (TPSA) is 144 Å². The number of aliphatic hydroxyl groups is 1. The molecule has 0 saturated carbocycles. The highest BCUT2D eigenvalue weighted by Crippen LogP contribution is 2.36. The van der Waals surface area contributed by atoms with Crippen LogP contribution in [0.4, 0.5) is 4.79 Å². The SMILES string of the molecule is CCCc1c(OCCCC/C=C\C=C\[C@@H](c2c(OC(=O)O)oc3c(c2=O)=CCC(=S)C=3)[C@@H](O)c2cccc(C)c2)ccc(C(C)=O)c1O. The minimum Gasteiger partial charge on any atom is -0.507 e. The van der Waals surface area contributed by atoms with Gasteiger partial charge in [0, 0.05) is 22.8 Å². The van der Waals surface area contributed by atoms with Gasteiger partial charge in [-0.1, -0.05) is 85.8 Å². The first-order chi connectivity index (χ1) is 23.0. The molecule has 4 rings (SSSR count). The lowest BCUT2D eigenvalue weighted by atomic mass is 9.88. The van der Waals surface area contributed by atoms with Gasteiger partial charge in [-0.2, -0.15) is 0 Å². The smallest absolute Gasteiger partial charge is 0.507 e. The quantitative estimate of drug-likeness (QED) is 0.0547. The molecule has 1 heterocycles. The predicted octanol–water partition coefficient (Wildman–Crippen LogP) is 6.38. The van der Waals surface area contributed by atoms with Gasteiger partial charge >= 0.3 is 12.1 Å². The highest BCUT2D eigenvalue weighted by molar-refractivity contribution is 7.81. The summed E-state index contributed by atoms with van der Waals surface area (Å²) in [6.45, 7) is 5.73. The van der Waals surface area contributed by atoms with Crippen LogP contribution in [-0.2, 0) is 6.42 Å². The number of phenols is 1. The average molecular weight is 673 g/mol. The Hall–Kier alpha value is -4.80. The zero-order chi connectivity index (χ0) is 34.8. The maximum atomic E-state index is 13.8. The Morgan fingerprint density at radius 3 is 2.65 bits per heavy atom. The zero-order valence-corrected chi connectivity index (χ0v) is 28.0. The van der Waals surface area contributed by atoms with Crippen molar-refractivity contribution in [2.45, 2.75) is 71.3 Å². The third-order valence-corrected chi connectivity index (χ3v) is 8.21. The van der Waals surface area contributed by atoms with Crippen LogP contribution in [0.25, 0.3) is 12.2 Å². The number of fused-ring (bicyclic) bond motifs is 1. The number of allylic oxidation sites excluding steroid dienone is 3. The lowest BCUT2D eigenvalue weighted by Crippen LogP contribution is -2.44. The first-order valence-electron chi connectivity index (χ1n) is 15.9. The number of phenolic OH excluding ortho intramolecular Hbond substituents is 1. The number of carboxylic acid groups (broad SMARTS) is 1. The van der Waals surface area contributed by atoms with E-state index in [4.69, 9.17) is 26.1 Å². The second-order valence-corrected chi connectivity index (χ2v) is 12.1. The number of benzene rings is 2. The molecule has 0 saturated heterocycles. The average Bonchev–Trinajstić information content (AvgIpc) is 3.03. The van der Waals surface area contributed by atoms with Crippen LogP contribution in [0.2, 0.25) is 0 Å². The molecule has 3 aromatic rings. The van der Waals surface area contributed by atoms with Crippen molar-refractivity contribution in [2.75, 3.05) is 6.61 Å². The van der Waals surface area contributed by atoms with Gasteiger partial charge in [0.1, 0.15) is 16.9 Å². The van der Waals surface area contributed by atoms with Gasteiger partial charge in [0.15, 0.2) is 11.2 Å². The number of rotatable bonds is 15. The summed E-state index contributed by atoms with van der Waals surface area (Å²) < 4.78 is 16.7. The van der Waals surface area contributed by atoms with E-state index in [0.717, 1.165) is 24.8 Å². The molecule has 0 aliphatic heterocycles. The standard InChI is InChI=1S/C38H40O9S/c1-4-12-28-31(19-18-27(24(3)39)35(28)41)45-20-10-8-6-5-7-9-15-30(34(40)25-14-11-13-23(2)21-25)33-36(42)29-17-16-26(48)22-32(29)46-37(33)47-38(43)44/h5,7,9,11,13-15,17-19,21-22,30,34,40-41H,4,6,8,10,12,16,20H2,1-3H3,(H,43,44)/b7-5-,15-9+/t30-,34-/m0/s1. The van der Waals surface area contributed by atoms with Crippen molar-refractivity contribution in [1.29, 1.82) is 0 Å². The summed E-state index contributed by atoms with van der Waals surface area (Å²) in [5.74, 6) is -1.16. The summed E-state index contributed by atoms with van der Waals surface area (Å²) in [7, 11) is 0. The number of carbonyl (C=O) groups excluding carboxylic acids is 1. The molecule has 0 spiro atoms. The number of thiocarbonyl (C=S) groups is 1. The summed E-state index contributed by atoms with van der Waals surface area (Å²) in [5, 5.41) is 31.8. The number of unbranched alkanes of at least 4 members (excludes halogenated alkanes) is 2. The van der Waals surface area contributed by atoms with Crippen molar-refractivity contribution in [3.05, 3.63) is 109 Å². The molecule has 2 aromatic carbocycles. The zero-order valence-electron chi connectivity index (χ0n) is 27.2. The van der Waals surface area contributed by atoms with Crippen LogP contribution < -0.4 is 25.5 Å². The first-order valence-corrected chi connectivity index (χ1v) is 16.3. The number of hydrogen-bond acceptors (Lipinski definition) is 9. The Kier molecular flexibility index (Phi) is 12.7. The molecule has 0 unspecified atom stereocenters. The number of ether oxygens (including phenoxy) is 2. The number of aliphatic hydroxyl groups excluding tert-OH is 1. The van der Waals surface area contributed by atoms with Gasteiger partial charge in [-0.15, -0.1) is 0 Å². The largest absolute Gasteiger partial charge is 0.513 e. The molecule has 1 aromatic heterocycles. The van der Waals surface area contributed by atoms with Crippen molar-refractivity contribution in [3.63, 3.8) is 0 Å². The van der Waals surface area contributed by atoms with Crippen LogP contribution in [0.1, 0.15) is 90.6 Å². The highest BCUT2D eigenvalue weighted by Gasteiger charge is 2.30. The molecular formula is C38H40O9S. The van der Waals surface area contributed by atoms with Gasteiger partial charge in [0.05, 0.1) is 29.1 Å². The van der Waals surface area contributed by atoms with Crippen molar-refractivity contribution in [1.82, 2.24) is 0 Å². The third kappa shape index (κ3) is 8.96. The van der Waals surface area contributed by atoms with E-state index in [-0.39, 0.29) is 33.3 Å². The Morgan fingerprint density at radius 1 is 1.15 bits per heavy atom. The lowest BCUT2D eigenvalue weighted by Gasteiger charge is -2.22. The summed E-state index contributed by atoms with van der Waals surface area (Å²) in [6.07, 6.45) is 11.3. The molecule has 2 atom stereocenters. The summed E-state index contributed by atoms with van der Waals surface area (Å²) in [6, 6.07) is 10.5. The maximum absolute atomic E-state index is 13.8. The normalized spacial score (nSPS) is 13.9. The van der Waals surface area contributed by atoms with Crippen LogP contribution in [-0.4, -0.2) is 38.7 Å². The Bertz CT molecular complexity index is 1920. The highest BCUT2D eigenvalue weighted by atomic mass is 32.1. The molecule has 1 aliphatic rings. The lowest BCUT2D eigenvalue weighted by molar-refractivity contribution is 0.101. The van der Waals surface area contributed by atoms with Crippen LogP contribution in [0.3, 0.4) is 0 Å². The van der Waals surface area contributed by atoms with Gasteiger partial charge in [0.2, 0.25) is 0 Å². The fraction of sp³-hybridized carbons (Fsp3) is 0.316. The van der Waals surface area contributed by atoms with Gasteiger partial charge < -0.3 is 29.2 Å². The van der Waals surface area contributed by atoms with Crippen LogP contribution in [0, 0.1) is 6.92 Å². The van der Waals surface area contributed by atoms with Gasteiger partial charge in [-0.3, -0.25) is 9.59 Å². The number of hydrogen-bond donors (Lipinski definition) is 3. The fourth-order valence-electron chi connectivity index (χ4n) is 5.56. The number of aromatic hydroxyl groups is 1. The molecular weight excluding hydrogens is 632 g/mol. The van der Waals surface area contributed by atoms with Crippen molar-refractivity contribution in [3.8, 4) is 17.4 Å². The number of carbonyl (C=O) groups is 2. The van der Waals surface area contributed by atoms with Crippen molar-refractivity contribution >= 4 is 41.2 Å². The molecule has 0 bridgehead atoms. The number of aryl methyl sites for hydroxylation is 1. The first kappa shape index (κ1) is 36.0. The van der Waals surface area contributed by atoms with Gasteiger partial charge in [-0.05, 0) is 63.3 Å². The summed E-state index contributed by atoms with van der Waals surface area (Å²) in [5.41, 5.74) is 1.85. The molecule has 0 fully saturated rings. The molecule has 10 heteroatoms. The Labute approximate surface area is 284 Å². The van der Waals surface area contributed by atoms with Gasteiger partial charge in [-0.25, -0.2) is 4.79 Å². The second kappa shape index (κ2) is 16.9. The minimum atomic E-state index is -1.66. The van der Waals surface area contributed by atoms with Crippen molar-refractivity contribution in [2.24, 2.45) is 0 Å². The molecule has 0 radical (unpaired) electrons. The molecule has 1 aliphatic carbocycles.